The summed E-state index contributed by atoms with van der Waals surface area (Å²) in [5, 5.41) is 0. The van der Waals surface area contributed by atoms with Crippen molar-refractivity contribution in [3.8, 4) is 0 Å². The average Bonchev–Trinajstić information content (AvgIpc) is 2.67. The highest BCUT2D eigenvalue weighted by molar-refractivity contribution is 9.10. The monoisotopic (exact) mass is 445 g/mol. The molecule has 2 aromatic heterocycles. The first kappa shape index (κ1) is 20.7. The first-order valence-corrected chi connectivity index (χ1v) is 10.7. The fourth-order valence-electron chi connectivity index (χ4n) is 3.48. The molecule has 0 radical (unpaired) electrons. The predicted octanol–water partition coefficient (Wildman–Crippen LogP) is 4.23. The Hall–Kier alpha value is -2.02. The van der Waals surface area contributed by atoms with E-state index in [1.807, 2.05) is 30.0 Å². The molecule has 1 fully saturated rings. The van der Waals surface area contributed by atoms with Crippen LogP contribution in [0.25, 0.3) is 0 Å². The Kier molecular flexibility index (Phi) is 6.99. The maximum absolute atomic E-state index is 13.2. The molecule has 0 aliphatic carbocycles. The molecule has 0 unspecified atom stereocenters. The Labute approximate surface area is 175 Å². The number of pyridine rings is 1. The molecule has 0 bridgehead atoms. The third-order valence-electron chi connectivity index (χ3n) is 4.72. The minimum Gasteiger partial charge on any atom is -0.341 e. The van der Waals surface area contributed by atoms with Gasteiger partial charge in [0.05, 0.1) is 12.2 Å². The molecule has 2 aromatic rings. The van der Waals surface area contributed by atoms with E-state index in [9.17, 15) is 4.79 Å². The highest BCUT2D eigenvalue weighted by Crippen LogP contribution is 2.20. The maximum Gasteiger partial charge on any atom is 0.273 e. The normalized spacial score (nSPS) is 14.4. The number of hydrogen-bond acceptors (Lipinski definition) is 5. The lowest BCUT2D eigenvalue weighted by molar-refractivity contribution is 0.0713. The van der Waals surface area contributed by atoms with Crippen molar-refractivity contribution in [1.29, 1.82) is 0 Å². The van der Waals surface area contributed by atoms with Gasteiger partial charge in [0, 0.05) is 36.0 Å². The average molecular weight is 446 g/mol. The second kappa shape index (κ2) is 9.45. The van der Waals surface area contributed by atoms with Gasteiger partial charge >= 0.3 is 0 Å². The Balaban J connectivity index is 1.85. The number of rotatable bonds is 6. The van der Waals surface area contributed by atoms with Crippen molar-refractivity contribution in [2.75, 3.05) is 24.5 Å². The van der Waals surface area contributed by atoms with Crippen LogP contribution in [0.3, 0.4) is 0 Å². The summed E-state index contributed by atoms with van der Waals surface area (Å²) < 4.78 is 0.710. The lowest BCUT2D eigenvalue weighted by atomic mass is 10.1. The van der Waals surface area contributed by atoms with Gasteiger partial charge in [-0.15, -0.1) is 0 Å². The summed E-state index contributed by atoms with van der Waals surface area (Å²) in [5.41, 5.74) is 2.24. The zero-order chi connectivity index (χ0) is 20.1. The summed E-state index contributed by atoms with van der Waals surface area (Å²) in [6.07, 6.45) is 5.27. The van der Waals surface area contributed by atoms with Gasteiger partial charge in [0.15, 0.2) is 0 Å². The van der Waals surface area contributed by atoms with E-state index in [-0.39, 0.29) is 5.91 Å². The molecule has 28 heavy (non-hydrogen) atoms. The van der Waals surface area contributed by atoms with Crippen LogP contribution in [-0.4, -0.2) is 45.4 Å². The number of piperidine rings is 1. The van der Waals surface area contributed by atoms with Crippen molar-refractivity contribution in [3.63, 3.8) is 0 Å². The highest BCUT2D eigenvalue weighted by Gasteiger charge is 2.22. The van der Waals surface area contributed by atoms with Crippen LogP contribution in [0.1, 0.15) is 55.0 Å². The van der Waals surface area contributed by atoms with Crippen molar-refractivity contribution in [2.24, 2.45) is 5.92 Å². The van der Waals surface area contributed by atoms with Gasteiger partial charge in [0.25, 0.3) is 5.91 Å². The molecule has 1 aliphatic rings. The van der Waals surface area contributed by atoms with Crippen molar-refractivity contribution < 1.29 is 4.79 Å². The molecule has 0 spiro atoms. The van der Waals surface area contributed by atoms with Crippen molar-refractivity contribution in [3.05, 3.63) is 46.0 Å². The number of carbonyl (C=O) groups excluding carboxylic acids is 1. The van der Waals surface area contributed by atoms with Gasteiger partial charge in [-0.3, -0.25) is 4.79 Å². The summed E-state index contributed by atoms with van der Waals surface area (Å²) >= 11 is 3.45. The van der Waals surface area contributed by atoms with Gasteiger partial charge in [-0.05, 0) is 66.2 Å². The number of hydrogen-bond donors (Lipinski definition) is 0. The van der Waals surface area contributed by atoms with Gasteiger partial charge in [0.2, 0.25) is 5.95 Å². The first-order valence-electron chi connectivity index (χ1n) is 9.93. The third kappa shape index (κ3) is 5.28. The number of aromatic nitrogens is 3. The van der Waals surface area contributed by atoms with E-state index >= 15 is 0 Å². The number of halogens is 1. The second-order valence-electron chi connectivity index (χ2n) is 7.76. The van der Waals surface area contributed by atoms with Crippen molar-refractivity contribution in [2.45, 2.75) is 46.6 Å². The smallest absolute Gasteiger partial charge is 0.273 e. The van der Waals surface area contributed by atoms with E-state index in [4.69, 9.17) is 4.98 Å². The van der Waals surface area contributed by atoms with Gasteiger partial charge in [-0.1, -0.05) is 13.8 Å². The van der Waals surface area contributed by atoms with Crippen LogP contribution in [0.5, 0.6) is 0 Å². The fourth-order valence-corrected chi connectivity index (χ4v) is 3.91. The van der Waals surface area contributed by atoms with Crippen LogP contribution in [0.4, 0.5) is 5.95 Å². The third-order valence-corrected chi connectivity index (χ3v) is 5.36. The lowest BCUT2D eigenvalue weighted by Gasteiger charge is -2.28. The molecule has 3 rings (SSSR count). The highest BCUT2D eigenvalue weighted by atomic mass is 79.9. The SMILES string of the molecule is Cc1cc(CN(CC(C)C)C(=O)c2ncccc2Br)nc(N2CCCCC2)n1. The quantitative estimate of drug-likeness (QED) is 0.665. The van der Waals surface area contributed by atoms with Crippen LogP contribution < -0.4 is 4.90 Å². The van der Waals surface area contributed by atoms with Crippen LogP contribution >= 0.6 is 15.9 Å². The molecule has 0 atom stereocenters. The Bertz CT molecular complexity index is 820. The second-order valence-corrected chi connectivity index (χ2v) is 8.62. The maximum atomic E-state index is 13.2. The van der Waals surface area contributed by atoms with E-state index < -0.39 is 0 Å². The molecule has 6 nitrogen and oxygen atoms in total. The molecular weight excluding hydrogens is 418 g/mol. The molecule has 1 aliphatic heterocycles. The Morgan fingerprint density at radius 2 is 2.00 bits per heavy atom. The molecule has 0 N–H and O–H groups in total. The number of amides is 1. The van der Waals surface area contributed by atoms with Crippen molar-refractivity contribution >= 4 is 27.8 Å². The minimum atomic E-state index is -0.0861. The number of nitrogens with zero attached hydrogens (tertiary/aromatic N) is 5. The summed E-state index contributed by atoms with van der Waals surface area (Å²) in [4.78, 5) is 30.9. The summed E-state index contributed by atoms with van der Waals surface area (Å²) in [5.74, 6) is 1.04. The van der Waals surface area contributed by atoms with Crippen molar-refractivity contribution in [1.82, 2.24) is 19.9 Å². The molecule has 0 saturated carbocycles. The molecule has 1 saturated heterocycles. The molecule has 3 heterocycles. The van der Waals surface area contributed by atoms with Gasteiger partial charge < -0.3 is 9.80 Å². The predicted molar refractivity (Wildman–Crippen MR) is 114 cm³/mol. The lowest BCUT2D eigenvalue weighted by Crippen LogP contribution is -2.35. The van der Waals surface area contributed by atoms with Crippen LogP contribution in [-0.2, 0) is 6.54 Å². The topological polar surface area (TPSA) is 62.2 Å². The molecular formula is C21H28BrN5O. The molecule has 1 amide bonds. The van der Waals surface area contributed by atoms with Gasteiger partial charge in [0.1, 0.15) is 5.69 Å². The fraction of sp³-hybridized carbons (Fsp3) is 0.524. The Morgan fingerprint density at radius 1 is 1.25 bits per heavy atom. The number of carbonyl (C=O) groups is 1. The van der Waals surface area contributed by atoms with E-state index in [1.54, 1.807) is 6.20 Å². The summed E-state index contributed by atoms with van der Waals surface area (Å²) in [6, 6.07) is 5.63. The minimum absolute atomic E-state index is 0.0861. The zero-order valence-corrected chi connectivity index (χ0v) is 18.4. The first-order chi connectivity index (χ1) is 13.4. The van der Waals surface area contributed by atoms with E-state index in [0.29, 0.717) is 29.2 Å². The summed E-state index contributed by atoms with van der Waals surface area (Å²) in [6.45, 7) is 9.30. The standard InChI is InChI=1S/C21H28BrN5O/c1-15(2)13-27(20(28)19-18(22)8-7-9-23-19)14-17-12-16(3)24-21(25-17)26-10-5-4-6-11-26/h7-9,12,15H,4-6,10-11,13-14H2,1-3H3. The largest absolute Gasteiger partial charge is 0.341 e. The Morgan fingerprint density at radius 3 is 2.68 bits per heavy atom. The molecule has 150 valence electrons. The summed E-state index contributed by atoms with van der Waals surface area (Å²) in [7, 11) is 0. The van der Waals surface area contributed by atoms with Crippen LogP contribution in [0, 0.1) is 12.8 Å². The van der Waals surface area contributed by atoms with E-state index in [2.05, 4.69) is 44.6 Å². The molecule has 0 aromatic carbocycles. The number of anilines is 1. The van der Waals surface area contributed by atoms with Crippen LogP contribution in [0.2, 0.25) is 0 Å². The van der Waals surface area contributed by atoms with E-state index in [0.717, 1.165) is 30.4 Å². The van der Waals surface area contributed by atoms with Gasteiger partial charge in [-0.2, -0.15) is 0 Å². The number of aryl methyl sites for hydroxylation is 1. The van der Waals surface area contributed by atoms with Crippen LogP contribution in [0.15, 0.2) is 28.9 Å². The zero-order valence-electron chi connectivity index (χ0n) is 16.9. The molecule has 7 heteroatoms. The van der Waals surface area contributed by atoms with E-state index in [1.165, 1.54) is 19.3 Å². The van der Waals surface area contributed by atoms with Gasteiger partial charge in [-0.25, -0.2) is 15.0 Å².